The average molecular weight is 411 g/mol. The molecule has 0 bridgehead atoms. The van der Waals surface area contributed by atoms with Gasteiger partial charge in [0.1, 0.15) is 5.75 Å². The van der Waals surface area contributed by atoms with Crippen LogP contribution in [0.3, 0.4) is 0 Å². The molecule has 2 fully saturated rings. The Bertz CT molecular complexity index is 780. The summed E-state index contributed by atoms with van der Waals surface area (Å²) in [5.74, 6) is 0.940. The number of rotatable bonds is 6. The van der Waals surface area contributed by atoms with Crippen LogP contribution < -0.4 is 14.5 Å². The molecule has 2 aliphatic heterocycles. The largest absolute Gasteiger partial charge is 0.497 e. The molecule has 5 nitrogen and oxygen atoms in total. The lowest BCUT2D eigenvalue weighted by Crippen LogP contribution is -2.51. The Morgan fingerprint density at radius 3 is 1.70 bits per heavy atom. The summed E-state index contributed by atoms with van der Waals surface area (Å²) >= 11 is 0. The summed E-state index contributed by atoms with van der Waals surface area (Å²) in [6, 6.07) is 17.3. The number of ether oxygens (including phenoxy) is 1. The Kier molecular flexibility index (Phi) is 8.00. The molecule has 0 spiro atoms. The number of nitrogens with zero attached hydrogens (tertiary/aromatic N) is 4. The van der Waals surface area contributed by atoms with E-state index in [0.29, 0.717) is 0 Å². The van der Waals surface area contributed by atoms with Crippen molar-refractivity contribution in [1.82, 2.24) is 9.80 Å². The van der Waals surface area contributed by atoms with E-state index >= 15 is 0 Å². The number of methoxy groups -OCH3 is 1. The predicted molar refractivity (Wildman–Crippen MR) is 128 cm³/mol. The fraction of sp³-hybridized carbons (Fsp3) is 0.520. The molecule has 2 aliphatic rings. The molecule has 0 N–H and O–H groups in total. The SMILES string of the molecule is C.COc1cccc(N2CCN(CCN3CCN(c4cccc(C)c4)CC3)CC2)c1. The highest BCUT2D eigenvalue weighted by molar-refractivity contribution is 5.51. The third-order valence-electron chi connectivity index (χ3n) is 6.26. The summed E-state index contributed by atoms with van der Waals surface area (Å²) in [6.07, 6.45) is 0. The van der Waals surface area contributed by atoms with Crippen molar-refractivity contribution in [3.63, 3.8) is 0 Å². The van der Waals surface area contributed by atoms with E-state index in [1.54, 1.807) is 7.11 Å². The van der Waals surface area contributed by atoms with Crippen LogP contribution in [0, 0.1) is 6.92 Å². The van der Waals surface area contributed by atoms with Crippen molar-refractivity contribution < 1.29 is 4.74 Å². The van der Waals surface area contributed by atoms with Crippen LogP contribution in [0.25, 0.3) is 0 Å². The first kappa shape index (κ1) is 22.4. The first-order valence-corrected chi connectivity index (χ1v) is 10.9. The van der Waals surface area contributed by atoms with Crippen LogP contribution in [-0.4, -0.2) is 82.4 Å². The smallest absolute Gasteiger partial charge is 0.120 e. The quantitative estimate of drug-likeness (QED) is 0.724. The van der Waals surface area contributed by atoms with Crippen LogP contribution in [0.15, 0.2) is 48.5 Å². The number of anilines is 2. The van der Waals surface area contributed by atoms with Crippen molar-refractivity contribution in [3.05, 3.63) is 54.1 Å². The van der Waals surface area contributed by atoms with E-state index in [9.17, 15) is 0 Å². The number of benzene rings is 2. The van der Waals surface area contributed by atoms with Crippen LogP contribution in [0.5, 0.6) is 5.75 Å². The van der Waals surface area contributed by atoms with E-state index in [-0.39, 0.29) is 7.43 Å². The molecule has 30 heavy (non-hydrogen) atoms. The van der Waals surface area contributed by atoms with E-state index in [1.807, 2.05) is 6.07 Å². The van der Waals surface area contributed by atoms with Gasteiger partial charge in [-0.25, -0.2) is 0 Å². The Hall–Kier alpha value is -2.24. The highest BCUT2D eigenvalue weighted by Gasteiger charge is 2.20. The summed E-state index contributed by atoms with van der Waals surface area (Å²) in [4.78, 5) is 10.2. The van der Waals surface area contributed by atoms with E-state index < -0.39 is 0 Å². The van der Waals surface area contributed by atoms with Gasteiger partial charge in [-0.2, -0.15) is 0 Å². The molecule has 0 aromatic heterocycles. The lowest BCUT2D eigenvalue weighted by Gasteiger charge is -2.39. The molecule has 0 unspecified atom stereocenters. The molecule has 0 aliphatic carbocycles. The normalized spacial score (nSPS) is 18.2. The van der Waals surface area contributed by atoms with Crippen molar-refractivity contribution in [2.75, 3.05) is 82.4 Å². The molecule has 0 radical (unpaired) electrons. The Balaban J connectivity index is 0.00000256. The minimum Gasteiger partial charge on any atom is -0.497 e. The first-order valence-electron chi connectivity index (χ1n) is 10.9. The van der Waals surface area contributed by atoms with Gasteiger partial charge in [0, 0.05) is 82.9 Å². The van der Waals surface area contributed by atoms with Gasteiger partial charge in [-0.3, -0.25) is 9.80 Å². The highest BCUT2D eigenvalue weighted by atomic mass is 16.5. The molecule has 4 rings (SSSR count). The summed E-state index contributed by atoms with van der Waals surface area (Å²) in [5, 5.41) is 0. The van der Waals surface area contributed by atoms with Gasteiger partial charge in [0.25, 0.3) is 0 Å². The maximum atomic E-state index is 5.37. The minimum atomic E-state index is 0. The molecule has 5 heteroatoms. The topological polar surface area (TPSA) is 22.2 Å². The van der Waals surface area contributed by atoms with Crippen molar-refractivity contribution in [2.45, 2.75) is 14.4 Å². The van der Waals surface area contributed by atoms with Crippen LogP contribution in [0.4, 0.5) is 11.4 Å². The van der Waals surface area contributed by atoms with Gasteiger partial charge in [0.05, 0.1) is 7.11 Å². The summed E-state index contributed by atoms with van der Waals surface area (Å²) in [6.45, 7) is 13.6. The number of hydrogen-bond donors (Lipinski definition) is 0. The monoisotopic (exact) mass is 410 g/mol. The second-order valence-electron chi connectivity index (χ2n) is 8.20. The third-order valence-corrected chi connectivity index (χ3v) is 6.26. The van der Waals surface area contributed by atoms with Crippen molar-refractivity contribution in [2.24, 2.45) is 0 Å². The van der Waals surface area contributed by atoms with Gasteiger partial charge < -0.3 is 14.5 Å². The lowest BCUT2D eigenvalue weighted by atomic mass is 10.2. The van der Waals surface area contributed by atoms with Gasteiger partial charge in [-0.15, -0.1) is 0 Å². The fourth-order valence-corrected chi connectivity index (χ4v) is 4.37. The van der Waals surface area contributed by atoms with E-state index in [2.05, 4.69) is 69.0 Å². The van der Waals surface area contributed by atoms with Crippen molar-refractivity contribution in [3.8, 4) is 5.75 Å². The molecule has 2 aromatic carbocycles. The third kappa shape index (κ3) is 5.67. The number of aryl methyl sites for hydroxylation is 1. The number of hydrogen-bond acceptors (Lipinski definition) is 5. The lowest BCUT2D eigenvalue weighted by molar-refractivity contribution is 0.190. The molecular weight excluding hydrogens is 372 g/mol. The molecule has 2 saturated heterocycles. The van der Waals surface area contributed by atoms with Crippen molar-refractivity contribution >= 4 is 11.4 Å². The average Bonchev–Trinajstić information content (AvgIpc) is 2.78. The van der Waals surface area contributed by atoms with Crippen molar-refractivity contribution in [1.29, 1.82) is 0 Å². The van der Waals surface area contributed by atoms with Gasteiger partial charge in [0.2, 0.25) is 0 Å². The summed E-state index contributed by atoms with van der Waals surface area (Å²) < 4.78 is 5.37. The molecule has 2 heterocycles. The fourth-order valence-electron chi connectivity index (χ4n) is 4.37. The van der Waals surface area contributed by atoms with Gasteiger partial charge >= 0.3 is 0 Å². The zero-order valence-electron chi connectivity index (χ0n) is 17.9. The van der Waals surface area contributed by atoms with Gasteiger partial charge in [-0.1, -0.05) is 25.6 Å². The number of piperazine rings is 2. The molecule has 0 atom stereocenters. The Morgan fingerprint density at radius 2 is 1.20 bits per heavy atom. The van der Waals surface area contributed by atoms with Crippen LogP contribution in [0.2, 0.25) is 0 Å². The standard InChI is InChI=1S/C24H34N4O.CH4/c1-21-5-3-6-22(19-21)27-15-11-25(12-16-27)9-10-26-13-17-28(18-14-26)23-7-4-8-24(20-23)29-2;/h3-8,19-20H,9-18H2,1-2H3;1H4. The van der Waals surface area contributed by atoms with Gasteiger partial charge in [0.15, 0.2) is 0 Å². The van der Waals surface area contributed by atoms with E-state index in [0.717, 1.165) is 58.1 Å². The molecule has 0 amide bonds. The van der Waals surface area contributed by atoms with E-state index in [1.165, 1.54) is 30.0 Å². The maximum Gasteiger partial charge on any atom is 0.120 e. The zero-order chi connectivity index (χ0) is 20.1. The first-order chi connectivity index (χ1) is 14.2. The predicted octanol–water partition coefficient (Wildman–Crippen LogP) is 3.58. The Labute approximate surface area is 182 Å². The zero-order valence-corrected chi connectivity index (χ0v) is 17.9. The highest BCUT2D eigenvalue weighted by Crippen LogP contribution is 2.22. The maximum absolute atomic E-state index is 5.37. The van der Waals surface area contributed by atoms with Gasteiger partial charge in [-0.05, 0) is 36.8 Å². The molecular formula is C25H38N4O. The minimum absolute atomic E-state index is 0. The molecule has 2 aromatic rings. The summed E-state index contributed by atoms with van der Waals surface area (Å²) in [5.41, 5.74) is 3.99. The molecule has 164 valence electrons. The van der Waals surface area contributed by atoms with Crippen LogP contribution >= 0.6 is 0 Å². The Morgan fingerprint density at radius 1 is 0.700 bits per heavy atom. The molecule has 0 saturated carbocycles. The second-order valence-corrected chi connectivity index (χ2v) is 8.20. The second kappa shape index (κ2) is 10.7. The van der Waals surface area contributed by atoms with Crippen LogP contribution in [-0.2, 0) is 0 Å². The van der Waals surface area contributed by atoms with Crippen LogP contribution in [0.1, 0.15) is 13.0 Å². The van der Waals surface area contributed by atoms with E-state index in [4.69, 9.17) is 4.74 Å². The summed E-state index contributed by atoms with van der Waals surface area (Å²) in [7, 11) is 1.73.